The van der Waals surface area contributed by atoms with Crippen LogP contribution in [-0.4, -0.2) is 0 Å². The highest BCUT2D eigenvalue weighted by atomic mass is 79.9. The molecule has 0 fully saturated rings. The fourth-order valence-electron chi connectivity index (χ4n) is 1.88. The van der Waals surface area contributed by atoms with Gasteiger partial charge in [-0.3, -0.25) is 0 Å². The number of halogens is 2. The predicted octanol–water partition coefficient (Wildman–Crippen LogP) is 4.94. The van der Waals surface area contributed by atoms with Crippen molar-refractivity contribution >= 4 is 43.2 Å². The number of benzene rings is 1. The van der Waals surface area contributed by atoms with E-state index in [0.717, 1.165) is 14.5 Å². The molecule has 0 amide bonds. The number of hydrogen-bond donors (Lipinski definition) is 1. The lowest BCUT2D eigenvalue weighted by Crippen LogP contribution is -2.12. The molecule has 1 aromatic carbocycles. The minimum Gasteiger partial charge on any atom is -0.320 e. The number of nitrogens with two attached hydrogens (primary N) is 1. The molecule has 0 aliphatic carbocycles. The van der Waals surface area contributed by atoms with E-state index in [4.69, 9.17) is 5.73 Å². The van der Waals surface area contributed by atoms with E-state index in [0.29, 0.717) is 0 Å². The second-order valence-corrected chi connectivity index (χ2v) is 7.24. The topological polar surface area (TPSA) is 26.0 Å². The Bertz CT molecular complexity index is 548. The van der Waals surface area contributed by atoms with Crippen molar-refractivity contribution in [1.82, 2.24) is 0 Å². The largest absolute Gasteiger partial charge is 0.320 e. The highest BCUT2D eigenvalue weighted by molar-refractivity contribution is 9.11. The van der Waals surface area contributed by atoms with Crippen molar-refractivity contribution in [3.63, 3.8) is 0 Å². The summed E-state index contributed by atoms with van der Waals surface area (Å²) in [5.41, 5.74) is 8.68. The molecular weight excluding hydrogens is 362 g/mol. The SMILES string of the molecule is Cc1cc(C(N)c2cc(Br)ccc2Br)c(C)s1. The van der Waals surface area contributed by atoms with Crippen LogP contribution in [0.4, 0.5) is 0 Å². The van der Waals surface area contributed by atoms with Gasteiger partial charge >= 0.3 is 0 Å². The van der Waals surface area contributed by atoms with Crippen molar-refractivity contribution in [3.8, 4) is 0 Å². The lowest BCUT2D eigenvalue weighted by atomic mass is 10.0. The van der Waals surface area contributed by atoms with Crippen LogP contribution in [0, 0.1) is 13.8 Å². The van der Waals surface area contributed by atoms with Crippen LogP contribution in [0.5, 0.6) is 0 Å². The Labute approximate surface area is 122 Å². The molecule has 0 aliphatic heterocycles. The van der Waals surface area contributed by atoms with Crippen molar-refractivity contribution in [3.05, 3.63) is 54.1 Å². The third-order valence-corrected chi connectivity index (χ3v) is 4.90. The first-order valence-electron chi connectivity index (χ1n) is 5.26. The van der Waals surface area contributed by atoms with E-state index in [-0.39, 0.29) is 6.04 Å². The Morgan fingerprint density at radius 2 is 1.82 bits per heavy atom. The molecule has 0 bridgehead atoms. The zero-order valence-corrected chi connectivity index (χ0v) is 13.6. The second kappa shape index (κ2) is 5.22. The maximum absolute atomic E-state index is 6.36. The van der Waals surface area contributed by atoms with Crippen LogP contribution in [0.2, 0.25) is 0 Å². The number of thiophene rings is 1. The van der Waals surface area contributed by atoms with Crippen LogP contribution < -0.4 is 5.73 Å². The van der Waals surface area contributed by atoms with Gasteiger partial charge in [0.25, 0.3) is 0 Å². The third-order valence-electron chi connectivity index (χ3n) is 2.71. The molecule has 0 saturated carbocycles. The summed E-state index contributed by atoms with van der Waals surface area (Å²) in [6, 6.07) is 8.20. The molecule has 2 rings (SSSR count). The molecule has 17 heavy (non-hydrogen) atoms. The molecule has 1 aromatic heterocycles. The average molecular weight is 375 g/mol. The quantitative estimate of drug-likeness (QED) is 0.791. The summed E-state index contributed by atoms with van der Waals surface area (Å²) in [5, 5.41) is 0. The Morgan fingerprint density at radius 1 is 1.12 bits per heavy atom. The van der Waals surface area contributed by atoms with Gasteiger partial charge in [-0.2, -0.15) is 0 Å². The van der Waals surface area contributed by atoms with Gasteiger partial charge in [-0.05, 0) is 49.2 Å². The number of hydrogen-bond acceptors (Lipinski definition) is 2. The van der Waals surface area contributed by atoms with Gasteiger partial charge in [0, 0.05) is 18.7 Å². The molecule has 2 N–H and O–H groups in total. The Balaban J connectivity index is 2.46. The van der Waals surface area contributed by atoms with E-state index in [2.05, 4.69) is 57.8 Å². The molecule has 2 aromatic rings. The van der Waals surface area contributed by atoms with Gasteiger partial charge in [0.1, 0.15) is 0 Å². The summed E-state index contributed by atoms with van der Waals surface area (Å²) < 4.78 is 2.10. The second-order valence-electron chi connectivity index (χ2n) is 4.01. The fraction of sp³-hybridized carbons (Fsp3) is 0.231. The van der Waals surface area contributed by atoms with E-state index in [1.165, 1.54) is 15.3 Å². The first-order valence-corrected chi connectivity index (χ1v) is 7.66. The molecule has 0 aliphatic rings. The van der Waals surface area contributed by atoms with Gasteiger partial charge in [0.15, 0.2) is 0 Å². The third kappa shape index (κ3) is 2.81. The van der Waals surface area contributed by atoms with Crippen molar-refractivity contribution in [2.75, 3.05) is 0 Å². The van der Waals surface area contributed by atoms with E-state index in [1.54, 1.807) is 11.3 Å². The van der Waals surface area contributed by atoms with Gasteiger partial charge in [-0.15, -0.1) is 11.3 Å². The van der Waals surface area contributed by atoms with E-state index < -0.39 is 0 Å². The van der Waals surface area contributed by atoms with Crippen LogP contribution in [0.1, 0.15) is 26.9 Å². The Morgan fingerprint density at radius 3 is 2.41 bits per heavy atom. The average Bonchev–Trinajstić information content (AvgIpc) is 2.60. The molecule has 90 valence electrons. The summed E-state index contributed by atoms with van der Waals surface area (Å²) in [5.74, 6) is 0. The minimum absolute atomic E-state index is 0.0770. The van der Waals surface area contributed by atoms with Gasteiger partial charge in [0.2, 0.25) is 0 Å². The fourth-order valence-corrected chi connectivity index (χ4v) is 3.72. The number of rotatable bonds is 2. The van der Waals surface area contributed by atoms with Crippen LogP contribution in [0.25, 0.3) is 0 Å². The maximum Gasteiger partial charge on any atom is 0.0574 e. The monoisotopic (exact) mass is 373 g/mol. The van der Waals surface area contributed by atoms with Gasteiger partial charge in [-0.1, -0.05) is 31.9 Å². The van der Waals surface area contributed by atoms with E-state index in [1.807, 2.05) is 12.1 Å². The first kappa shape index (κ1) is 13.3. The molecule has 0 radical (unpaired) electrons. The Hall–Kier alpha value is -0.160. The van der Waals surface area contributed by atoms with Crippen LogP contribution in [0.15, 0.2) is 33.2 Å². The molecule has 1 atom stereocenters. The highest BCUT2D eigenvalue weighted by Crippen LogP contribution is 2.33. The highest BCUT2D eigenvalue weighted by Gasteiger charge is 2.16. The van der Waals surface area contributed by atoms with E-state index in [9.17, 15) is 0 Å². The van der Waals surface area contributed by atoms with Crippen LogP contribution in [0.3, 0.4) is 0 Å². The minimum atomic E-state index is -0.0770. The maximum atomic E-state index is 6.36. The number of aryl methyl sites for hydroxylation is 2. The summed E-state index contributed by atoms with van der Waals surface area (Å²) in [6.45, 7) is 4.24. The van der Waals surface area contributed by atoms with Gasteiger partial charge in [-0.25, -0.2) is 0 Å². The molecule has 4 heteroatoms. The smallest absolute Gasteiger partial charge is 0.0574 e. The van der Waals surface area contributed by atoms with Crippen molar-refractivity contribution in [2.24, 2.45) is 5.73 Å². The van der Waals surface area contributed by atoms with Crippen molar-refractivity contribution in [1.29, 1.82) is 0 Å². The zero-order valence-electron chi connectivity index (χ0n) is 9.63. The summed E-state index contributed by atoms with van der Waals surface area (Å²) in [4.78, 5) is 2.60. The summed E-state index contributed by atoms with van der Waals surface area (Å²) in [7, 11) is 0. The van der Waals surface area contributed by atoms with Crippen LogP contribution in [-0.2, 0) is 0 Å². The molecule has 0 spiro atoms. The molecule has 1 nitrogen and oxygen atoms in total. The first-order chi connectivity index (χ1) is 7.99. The molecule has 0 saturated heterocycles. The summed E-state index contributed by atoms with van der Waals surface area (Å²) >= 11 is 8.84. The van der Waals surface area contributed by atoms with Crippen molar-refractivity contribution < 1.29 is 0 Å². The zero-order chi connectivity index (χ0) is 12.6. The predicted molar refractivity (Wildman–Crippen MR) is 81.7 cm³/mol. The van der Waals surface area contributed by atoms with Gasteiger partial charge < -0.3 is 5.73 Å². The Kier molecular flexibility index (Phi) is 4.08. The van der Waals surface area contributed by atoms with Crippen molar-refractivity contribution in [2.45, 2.75) is 19.9 Å². The normalized spacial score (nSPS) is 12.8. The lowest BCUT2D eigenvalue weighted by molar-refractivity contribution is 0.862. The molecule has 1 heterocycles. The lowest BCUT2D eigenvalue weighted by Gasteiger charge is -2.14. The molecular formula is C13H13Br2NS. The molecule has 1 unspecified atom stereocenters. The van der Waals surface area contributed by atoms with Crippen LogP contribution >= 0.6 is 43.2 Å². The summed E-state index contributed by atoms with van der Waals surface area (Å²) in [6.07, 6.45) is 0. The standard InChI is InChI=1S/C13H13Br2NS/c1-7-5-10(8(2)17-7)13(16)11-6-9(14)3-4-12(11)15/h3-6,13H,16H2,1-2H3. The van der Waals surface area contributed by atoms with Gasteiger partial charge in [0.05, 0.1) is 6.04 Å². The van der Waals surface area contributed by atoms with E-state index >= 15 is 0 Å².